The highest BCUT2D eigenvalue weighted by Gasteiger charge is 2.05. The van der Waals surface area contributed by atoms with Gasteiger partial charge in [-0.2, -0.15) is 0 Å². The second kappa shape index (κ2) is 3.68. The second-order valence-corrected chi connectivity index (χ2v) is 4.97. The summed E-state index contributed by atoms with van der Waals surface area (Å²) in [5.41, 5.74) is -0.186. The summed E-state index contributed by atoms with van der Waals surface area (Å²) in [6, 6.07) is 5.35. The molecule has 0 fully saturated rings. The van der Waals surface area contributed by atoms with Crippen LogP contribution in [0.2, 0.25) is 5.15 Å². The number of halogens is 3. The number of fused-ring (bicyclic) bond motifs is 1. The molecule has 2 nitrogen and oxygen atoms in total. The van der Waals surface area contributed by atoms with Crippen molar-refractivity contribution < 1.29 is 0 Å². The summed E-state index contributed by atoms with van der Waals surface area (Å²) in [6.45, 7) is 0. The maximum atomic E-state index is 11.5. The van der Waals surface area contributed by atoms with Gasteiger partial charge in [-0.15, -0.1) is 0 Å². The largest absolute Gasteiger partial charge is 0.312 e. The molecule has 1 N–H and O–H groups in total. The Bertz CT molecular complexity index is 564. The molecule has 0 spiro atoms. The molecule has 0 saturated carbocycles. The van der Waals surface area contributed by atoms with Crippen LogP contribution in [0.25, 0.3) is 10.8 Å². The molecule has 1 aromatic carbocycles. The average Bonchev–Trinajstić information content (AvgIpc) is 2.07. The van der Waals surface area contributed by atoms with Gasteiger partial charge in [0, 0.05) is 19.7 Å². The molecule has 1 heterocycles. The van der Waals surface area contributed by atoms with Gasteiger partial charge in [0.05, 0.1) is 0 Å². The van der Waals surface area contributed by atoms with E-state index >= 15 is 0 Å². The third kappa shape index (κ3) is 1.74. The summed E-state index contributed by atoms with van der Waals surface area (Å²) in [4.78, 5) is 14.1. The zero-order chi connectivity index (χ0) is 10.3. The molecule has 0 aliphatic carbocycles. The monoisotopic (exact) mass is 335 g/mol. The lowest BCUT2D eigenvalue weighted by Crippen LogP contribution is -2.05. The van der Waals surface area contributed by atoms with Crippen LogP contribution in [0.15, 0.2) is 31.9 Å². The van der Waals surface area contributed by atoms with Crippen LogP contribution in [0.1, 0.15) is 0 Å². The van der Waals surface area contributed by atoms with Gasteiger partial charge in [0.1, 0.15) is 5.15 Å². The Balaban J connectivity index is 3.02. The fourth-order valence-corrected chi connectivity index (χ4v) is 2.79. The zero-order valence-electron chi connectivity index (χ0n) is 6.77. The number of hydrogen-bond donors (Lipinski definition) is 1. The number of aromatic amines is 1. The van der Waals surface area contributed by atoms with Crippen molar-refractivity contribution in [3.05, 3.63) is 42.7 Å². The van der Waals surface area contributed by atoms with E-state index < -0.39 is 0 Å². The van der Waals surface area contributed by atoms with Crippen LogP contribution in [0, 0.1) is 0 Å². The van der Waals surface area contributed by atoms with Crippen LogP contribution in [0.4, 0.5) is 0 Å². The number of H-pyrrole nitrogens is 1. The van der Waals surface area contributed by atoms with Crippen molar-refractivity contribution in [3.8, 4) is 0 Å². The number of nitrogens with one attached hydrogen (secondary N) is 1. The summed E-state index contributed by atoms with van der Waals surface area (Å²) in [5, 5.41) is 1.75. The third-order valence-electron chi connectivity index (χ3n) is 1.84. The lowest BCUT2D eigenvalue weighted by atomic mass is 10.2. The minimum absolute atomic E-state index is 0.186. The molecule has 0 bridgehead atoms. The topological polar surface area (TPSA) is 32.9 Å². The molecule has 0 atom stereocenters. The molecule has 1 aromatic heterocycles. The van der Waals surface area contributed by atoms with Gasteiger partial charge in [-0.1, -0.05) is 43.5 Å². The van der Waals surface area contributed by atoms with E-state index in [9.17, 15) is 4.79 Å². The molecule has 72 valence electrons. The highest BCUT2D eigenvalue weighted by atomic mass is 79.9. The number of hydrogen-bond acceptors (Lipinski definition) is 1. The van der Waals surface area contributed by atoms with Gasteiger partial charge in [0.2, 0.25) is 0 Å². The Hall–Kier alpha value is -0.320. The van der Waals surface area contributed by atoms with Gasteiger partial charge in [-0.3, -0.25) is 4.79 Å². The van der Waals surface area contributed by atoms with Crippen molar-refractivity contribution in [2.24, 2.45) is 0 Å². The molecule has 14 heavy (non-hydrogen) atoms. The number of aromatic nitrogens is 1. The Morgan fingerprint density at radius 1 is 1.14 bits per heavy atom. The van der Waals surface area contributed by atoms with Crippen LogP contribution in [-0.2, 0) is 0 Å². The first-order valence-electron chi connectivity index (χ1n) is 3.75. The molecule has 0 unspecified atom stereocenters. The molecule has 0 radical (unpaired) electrons. The minimum Gasteiger partial charge on any atom is -0.312 e. The van der Waals surface area contributed by atoms with Crippen LogP contribution in [-0.4, -0.2) is 4.98 Å². The van der Waals surface area contributed by atoms with E-state index in [1.54, 1.807) is 12.1 Å². The van der Waals surface area contributed by atoms with Gasteiger partial charge in [0.15, 0.2) is 0 Å². The second-order valence-electron chi connectivity index (χ2n) is 2.80. The van der Waals surface area contributed by atoms with E-state index in [0.717, 1.165) is 14.3 Å². The molecule has 2 rings (SSSR count). The fraction of sp³-hybridized carbons (Fsp3) is 0. The number of pyridine rings is 1. The van der Waals surface area contributed by atoms with E-state index in [0.29, 0.717) is 10.5 Å². The van der Waals surface area contributed by atoms with E-state index in [2.05, 4.69) is 36.8 Å². The Kier molecular flexibility index (Phi) is 2.68. The normalized spacial score (nSPS) is 10.8. The maximum Gasteiger partial charge on any atom is 0.257 e. The molecular formula is C9H4Br2ClNO. The van der Waals surface area contributed by atoms with Gasteiger partial charge in [-0.25, -0.2) is 0 Å². The quantitative estimate of drug-likeness (QED) is 0.731. The van der Waals surface area contributed by atoms with Gasteiger partial charge >= 0.3 is 0 Å². The van der Waals surface area contributed by atoms with Crippen molar-refractivity contribution in [1.82, 2.24) is 4.98 Å². The first-order chi connectivity index (χ1) is 6.58. The molecule has 5 heteroatoms. The Morgan fingerprint density at radius 3 is 2.57 bits per heavy atom. The van der Waals surface area contributed by atoms with E-state index in [4.69, 9.17) is 11.6 Å². The van der Waals surface area contributed by atoms with Crippen LogP contribution in [0.3, 0.4) is 0 Å². The summed E-state index contributed by atoms with van der Waals surface area (Å²) in [6.07, 6.45) is 0. The lowest BCUT2D eigenvalue weighted by molar-refractivity contribution is 1.27. The SMILES string of the molecule is O=c1[nH]c(Cl)cc2c(Br)cc(Br)cc12. The highest BCUT2D eigenvalue weighted by Crippen LogP contribution is 2.27. The maximum absolute atomic E-state index is 11.5. The molecular weight excluding hydrogens is 333 g/mol. The molecule has 0 amide bonds. The smallest absolute Gasteiger partial charge is 0.257 e. The molecule has 0 aliphatic rings. The summed E-state index contributed by atoms with van der Waals surface area (Å²) >= 11 is 12.4. The fourth-order valence-electron chi connectivity index (χ4n) is 1.26. The summed E-state index contributed by atoms with van der Waals surface area (Å²) in [5.74, 6) is 0. The lowest BCUT2D eigenvalue weighted by Gasteiger charge is -2.01. The third-order valence-corrected chi connectivity index (χ3v) is 3.16. The van der Waals surface area contributed by atoms with E-state index in [1.165, 1.54) is 0 Å². The first kappa shape index (κ1) is 10.2. The van der Waals surface area contributed by atoms with Crippen molar-refractivity contribution in [2.45, 2.75) is 0 Å². The molecule has 0 saturated heterocycles. The van der Waals surface area contributed by atoms with E-state index in [-0.39, 0.29) is 5.56 Å². The van der Waals surface area contributed by atoms with Crippen molar-refractivity contribution in [2.75, 3.05) is 0 Å². The van der Waals surface area contributed by atoms with Crippen molar-refractivity contribution in [3.63, 3.8) is 0 Å². The minimum atomic E-state index is -0.186. The first-order valence-corrected chi connectivity index (χ1v) is 5.72. The van der Waals surface area contributed by atoms with Gasteiger partial charge < -0.3 is 4.98 Å². The standard InChI is InChI=1S/C9H4Br2ClNO/c10-4-1-6-5(7(11)2-4)3-8(12)13-9(6)14/h1-3H,(H,13,14). The van der Waals surface area contributed by atoms with Gasteiger partial charge in [-0.05, 0) is 18.2 Å². The van der Waals surface area contributed by atoms with E-state index in [1.807, 2.05) is 6.07 Å². The van der Waals surface area contributed by atoms with Crippen LogP contribution in [0.5, 0.6) is 0 Å². The Morgan fingerprint density at radius 2 is 1.86 bits per heavy atom. The van der Waals surface area contributed by atoms with Crippen molar-refractivity contribution in [1.29, 1.82) is 0 Å². The highest BCUT2D eigenvalue weighted by molar-refractivity contribution is 9.11. The average molecular weight is 337 g/mol. The van der Waals surface area contributed by atoms with Crippen molar-refractivity contribution >= 4 is 54.2 Å². The summed E-state index contributed by atoms with van der Waals surface area (Å²) < 4.78 is 1.69. The number of benzene rings is 1. The number of rotatable bonds is 0. The van der Waals surface area contributed by atoms with Gasteiger partial charge in [0.25, 0.3) is 5.56 Å². The van der Waals surface area contributed by atoms with Crippen LogP contribution < -0.4 is 5.56 Å². The Labute approximate surface area is 102 Å². The molecule has 2 aromatic rings. The molecule has 0 aliphatic heterocycles. The van der Waals surface area contributed by atoms with Crippen LogP contribution >= 0.6 is 43.5 Å². The zero-order valence-corrected chi connectivity index (χ0v) is 10.7. The predicted molar refractivity (Wildman–Crippen MR) is 65.0 cm³/mol. The predicted octanol–water partition coefficient (Wildman–Crippen LogP) is 3.71. The summed E-state index contributed by atoms with van der Waals surface area (Å²) in [7, 11) is 0.